The van der Waals surface area contributed by atoms with Crippen molar-refractivity contribution in [3.8, 4) is 17.0 Å². The Morgan fingerprint density at radius 2 is 2.10 bits per heavy atom. The summed E-state index contributed by atoms with van der Waals surface area (Å²) in [5.74, 6) is 1.78. The Balaban J connectivity index is 1.40. The van der Waals surface area contributed by atoms with E-state index in [9.17, 15) is 4.79 Å². The Hall–Kier alpha value is -2.79. The van der Waals surface area contributed by atoms with E-state index in [0.717, 1.165) is 25.2 Å². The van der Waals surface area contributed by atoms with Crippen LogP contribution in [0, 0.1) is 6.92 Å². The monoisotopic (exact) mass is 408 g/mol. The van der Waals surface area contributed by atoms with Crippen molar-refractivity contribution in [2.75, 3.05) is 19.7 Å². The zero-order valence-corrected chi connectivity index (χ0v) is 16.9. The highest BCUT2D eigenvalue weighted by molar-refractivity contribution is 6.33. The van der Waals surface area contributed by atoms with Crippen LogP contribution in [-0.4, -0.2) is 35.7 Å². The zero-order chi connectivity index (χ0) is 20.0. The maximum atomic E-state index is 13.4. The van der Waals surface area contributed by atoms with Gasteiger partial charge in [-0.1, -0.05) is 47.1 Å². The fourth-order valence-corrected chi connectivity index (χ4v) is 4.52. The van der Waals surface area contributed by atoms with E-state index in [1.165, 1.54) is 11.1 Å². The molecule has 3 heterocycles. The number of benzene rings is 2. The van der Waals surface area contributed by atoms with Gasteiger partial charge in [0.15, 0.2) is 0 Å². The highest BCUT2D eigenvalue weighted by atomic mass is 35.5. The first kappa shape index (κ1) is 18.3. The molecule has 148 valence electrons. The Labute approximate surface area is 174 Å². The van der Waals surface area contributed by atoms with Gasteiger partial charge < -0.3 is 14.2 Å². The second kappa shape index (κ2) is 7.23. The predicted octanol–water partition coefficient (Wildman–Crippen LogP) is 4.87. The van der Waals surface area contributed by atoms with Gasteiger partial charge in [-0.3, -0.25) is 4.79 Å². The zero-order valence-electron chi connectivity index (χ0n) is 16.2. The van der Waals surface area contributed by atoms with Crippen LogP contribution in [-0.2, 0) is 6.42 Å². The van der Waals surface area contributed by atoms with Crippen molar-refractivity contribution < 1.29 is 14.1 Å². The molecule has 0 bridgehead atoms. The fraction of sp³-hybridized carbons (Fsp3) is 0.304. The molecule has 0 aliphatic carbocycles. The van der Waals surface area contributed by atoms with Gasteiger partial charge in [0, 0.05) is 31.0 Å². The van der Waals surface area contributed by atoms with Crippen molar-refractivity contribution in [3.63, 3.8) is 0 Å². The normalized spacial score (nSPS) is 18.0. The van der Waals surface area contributed by atoms with Gasteiger partial charge in [-0.05, 0) is 36.6 Å². The molecule has 1 saturated heterocycles. The van der Waals surface area contributed by atoms with Gasteiger partial charge in [-0.15, -0.1) is 0 Å². The number of rotatable bonds is 3. The number of hydrogen-bond acceptors (Lipinski definition) is 4. The Bertz CT molecular complexity index is 1090. The summed E-state index contributed by atoms with van der Waals surface area (Å²) < 4.78 is 11.0. The van der Waals surface area contributed by atoms with E-state index in [1.807, 2.05) is 23.1 Å². The minimum atomic E-state index is -0.0503. The molecular formula is C23H21ClN2O3. The Morgan fingerprint density at radius 3 is 2.97 bits per heavy atom. The van der Waals surface area contributed by atoms with E-state index < -0.39 is 0 Å². The van der Waals surface area contributed by atoms with E-state index in [1.54, 1.807) is 13.0 Å². The molecule has 5 nitrogen and oxygen atoms in total. The van der Waals surface area contributed by atoms with Gasteiger partial charge in [0.05, 0.1) is 11.6 Å². The molecule has 2 aromatic carbocycles. The summed E-state index contributed by atoms with van der Waals surface area (Å²) in [5.41, 5.74) is 4.27. The quantitative estimate of drug-likeness (QED) is 0.620. The van der Waals surface area contributed by atoms with Gasteiger partial charge in [-0.25, -0.2) is 0 Å². The van der Waals surface area contributed by atoms with Crippen LogP contribution < -0.4 is 4.74 Å². The maximum Gasteiger partial charge on any atom is 0.259 e. The Morgan fingerprint density at radius 1 is 1.24 bits per heavy atom. The average molecular weight is 409 g/mol. The summed E-state index contributed by atoms with van der Waals surface area (Å²) in [7, 11) is 0. The molecule has 0 radical (unpaired) electrons. The highest BCUT2D eigenvalue weighted by Gasteiger charge is 2.33. The molecule has 6 heteroatoms. The average Bonchev–Trinajstić information content (AvgIpc) is 3.47. The van der Waals surface area contributed by atoms with Gasteiger partial charge >= 0.3 is 0 Å². The van der Waals surface area contributed by atoms with Crippen LogP contribution in [0.15, 0.2) is 47.0 Å². The third-order valence-corrected chi connectivity index (χ3v) is 6.20. The van der Waals surface area contributed by atoms with Crippen molar-refractivity contribution >= 4 is 17.5 Å². The number of fused-ring (bicyclic) bond motifs is 1. The van der Waals surface area contributed by atoms with Crippen molar-refractivity contribution in [2.45, 2.75) is 25.7 Å². The van der Waals surface area contributed by atoms with E-state index in [2.05, 4.69) is 23.4 Å². The number of aromatic nitrogens is 1. The van der Waals surface area contributed by atoms with Crippen molar-refractivity contribution in [2.24, 2.45) is 0 Å². The SMILES string of the molecule is Cc1onc(-c2ccccc2Cl)c1C(=O)N1CC[C@H](c2ccc3c(c2)CCO3)C1. The van der Waals surface area contributed by atoms with Crippen molar-refractivity contribution in [1.82, 2.24) is 10.1 Å². The summed E-state index contributed by atoms with van der Waals surface area (Å²) in [6.07, 6.45) is 1.90. The second-order valence-electron chi connectivity index (χ2n) is 7.64. The van der Waals surface area contributed by atoms with Crippen LogP contribution >= 0.6 is 11.6 Å². The molecule has 1 fully saturated rings. The van der Waals surface area contributed by atoms with Gasteiger partial charge in [0.2, 0.25) is 0 Å². The standard InChI is InChI=1S/C23H21ClN2O3/c1-14-21(22(25-29-14)18-4-2-3-5-19(18)24)23(27)26-10-8-17(13-26)15-6-7-20-16(12-15)9-11-28-20/h2-7,12,17H,8-11,13H2,1H3/t17-/m0/s1. The van der Waals surface area contributed by atoms with Gasteiger partial charge in [0.25, 0.3) is 5.91 Å². The number of nitrogens with zero attached hydrogens (tertiary/aromatic N) is 2. The molecule has 2 aliphatic heterocycles. The number of carbonyl (C=O) groups excluding carboxylic acids is 1. The number of ether oxygens (including phenoxy) is 1. The lowest BCUT2D eigenvalue weighted by Crippen LogP contribution is -2.29. The molecule has 3 aromatic rings. The Kier molecular flexibility index (Phi) is 4.55. The summed E-state index contributed by atoms with van der Waals surface area (Å²) in [4.78, 5) is 15.3. The molecular weight excluding hydrogens is 388 g/mol. The molecule has 29 heavy (non-hydrogen) atoms. The van der Waals surface area contributed by atoms with Crippen LogP contribution in [0.5, 0.6) is 5.75 Å². The lowest BCUT2D eigenvalue weighted by atomic mass is 9.96. The van der Waals surface area contributed by atoms with Crippen LogP contribution in [0.4, 0.5) is 0 Å². The van der Waals surface area contributed by atoms with Crippen LogP contribution in [0.1, 0.15) is 39.6 Å². The van der Waals surface area contributed by atoms with E-state index >= 15 is 0 Å². The molecule has 1 amide bonds. The van der Waals surface area contributed by atoms with Crippen molar-refractivity contribution in [1.29, 1.82) is 0 Å². The smallest absolute Gasteiger partial charge is 0.259 e. The number of amides is 1. The summed E-state index contributed by atoms with van der Waals surface area (Å²) >= 11 is 6.34. The highest BCUT2D eigenvalue weighted by Crippen LogP contribution is 2.36. The first-order valence-corrected chi connectivity index (χ1v) is 10.3. The molecule has 0 N–H and O–H groups in total. The van der Waals surface area contributed by atoms with Crippen LogP contribution in [0.2, 0.25) is 5.02 Å². The molecule has 1 aromatic heterocycles. The van der Waals surface area contributed by atoms with Crippen molar-refractivity contribution in [3.05, 3.63) is 69.9 Å². The lowest BCUT2D eigenvalue weighted by molar-refractivity contribution is 0.0789. The molecule has 0 spiro atoms. The summed E-state index contributed by atoms with van der Waals surface area (Å²) in [6.45, 7) is 3.93. The third kappa shape index (κ3) is 3.19. The lowest BCUT2D eigenvalue weighted by Gasteiger charge is -2.17. The van der Waals surface area contributed by atoms with Gasteiger partial charge in [0.1, 0.15) is 22.8 Å². The number of likely N-dealkylation sites (tertiary alicyclic amines) is 1. The number of halogens is 1. The first-order chi connectivity index (χ1) is 14.1. The maximum absolute atomic E-state index is 13.4. The summed E-state index contributed by atoms with van der Waals surface area (Å²) in [5, 5.41) is 4.69. The summed E-state index contributed by atoms with van der Waals surface area (Å²) in [6, 6.07) is 13.8. The van der Waals surface area contributed by atoms with Crippen LogP contribution in [0.3, 0.4) is 0 Å². The number of hydrogen-bond donors (Lipinski definition) is 0. The van der Waals surface area contributed by atoms with Gasteiger partial charge in [-0.2, -0.15) is 0 Å². The van der Waals surface area contributed by atoms with E-state index in [-0.39, 0.29) is 5.91 Å². The second-order valence-corrected chi connectivity index (χ2v) is 8.05. The topological polar surface area (TPSA) is 55.6 Å². The minimum absolute atomic E-state index is 0.0503. The fourth-order valence-electron chi connectivity index (χ4n) is 4.30. The number of carbonyl (C=O) groups is 1. The first-order valence-electron chi connectivity index (χ1n) is 9.88. The molecule has 0 saturated carbocycles. The van der Waals surface area contributed by atoms with E-state index in [4.69, 9.17) is 20.9 Å². The molecule has 5 rings (SSSR count). The van der Waals surface area contributed by atoms with Crippen LogP contribution in [0.25, 0.3) is 11.3 Å². The molecule has 1 atom stereocenters. The molecule has 0 unspecified atom stereocenters. The third-order valence-electron chi connectivity index (χ3n) is 5.87. The largest absolute Gasteiger partial charge is 0.493 e. The number of aryl methyl sites for hydroxylation is 1. The van der Waals surface area contributed by atoms with E-state index in [0.29, 0.717) is 46.6 Å². The minimum Gasteiger partial charge on any atom is -0.493 e. The predicted molar refractivity (Wildman–Crippen MR) is 111 cm³/mol. The molecule has 2 aliphatic rings.